The molecule has 0 saturated carbocycles. The van der Waals surface area contributed by atoms with E-state index in [0.717, 1.165) is 0 Å². The Morgan fingerprint density at radius 3 is 1.82 bits per heavy atom. The summed E-state index contributed by atoms with van der Waals surface area (Å²) in [6.45, 7) is 0. The third-order valence-electron chi connectivity index (χ3n) is 1.39. The van der Waals surface area contributed by atoms with Crippen molar-refractivity contribution in [2.45, 2.75) is 5.54 Å². The van der Waals surface area contributed by atoms with Crippen LogP contribution in [0.5, 0.6) is 0 Å². The quantitative estimate of drug-likeness (QED) is 0.330. The van der Waals surface area contributed by atoms with Gasteiger partial charge in [0.15, 0.2) is 0 Å². The zero-order valence-electron chi connectivity index (χ0n) is 5.87. The summed E-state index contributed by atoms with van der Waals surface area (Å²) in [6, 6.07) is 0. The Labute approximate surface area is 68.8 Å². The van der Waals surface area contributed by atoms with Crippen LogP contribution in [0.25, 0.3) is 0 Å². The molecule has 0 aromatic rings. The van der Waals surface area contributed by atoms with Crippen LogP contribution in [0.4, 0.5) is 0 Å². The maximum absolute atomic E-state index is 10.4. The molecule has 6 heteroatoms. The van der Waals surface area contributed by atoms with Gasteiger partial charge in [0.25, 0.3) is 0 Å². The molecular formula is C5H9NO4S. The van der Waals surface area contributed by atoms with Crippen molar-refractivity contribution < 1.29 is 19.8 Å². The van der Waals surface area contributed by atoms with Gasteiger partial charge in [-0.25, -0.2) is 9.59 Å². The summed E-state index contributed by atoms with van der Waals surface area (Å²) in [4.78, 5) is 20.9. The molecule has 0 aromatic carbocycles. The van der Waals surface area contributed by atoms with E-state index in [2.05, 4.69) is 17.9 Å². The molecule has 0 aliphatic carbocycles. The summed E-state index contributed by atoms with van der Waals surface area (Å²) in [5, 5.41) is 19.2. The lowest BCUT2D eigenvalue weighted by Gasteiger charge is -2.21. The lowest BCUT2D eigenvalue weighted by Crippen LogP contribution is -2.58. The normalized spacial score (nSPS) is 11.1. The molecule has 0 fully saturated rings. The molecule has 0 radical (unpaired) electrons. The Morgan fingerprint density at radius 2 is 1.82 bits per heavy atom. The van der Waals surface area contributed by atoms with Gasteiger partial charge in [0, 0.05) is 5.75 Å². The summed E-state index contributed by atoms with van der Waals surface area (Å²) in [7, 11) is 1.26. The molecule has 0 unspecified atom stereocenters. The smallest absolute Gasteiger partial charge is 0.336 e. The minimum Gasteiger partial charge on any atom is -0.479 e. The van der Waals surface area contributed by atoms with E-state index in [1.54, 1.807) is 0 Å². The van der Waals surface area contributed by atoms with Gasteiger partial charge < -0.3 is 10.2 Å². The first-order chi connectivity index (χ1) is 5.01. The predicted molar refractivity (Wildman–Crippen MR) is 40.9 cm³/mol. The number of carbonyl (C=O) groups is 2. The van der Waals surface area contributed by atoms with Crippen molar-refractivity contribution >= 4 is 24.6 Å². The molecular weight excluding hydrogens is 170 g/mol. The molecule has 0 heterocycles. The molecule has 0 aromatic heterocycles. The van der Waals surface area contributed by atoms with Gasteiger partial charge in [-0.3, -0.25) is 5.32 Å². The number of nitrogens with one attached hydrogen (secondary N) is 1. The average Bonchev–Trinajstić information content (AvgIpc) is 1.90. The van der Waals surface area contributed by atoms with E-state index in [1.165, 1.54) is 7.05 Å². The first-order valence-electron chi connectivity index (χ1n) is 2.78. The highest BCUT2D eigenvalue weighted by Crippen LogP contribution is 2.06. The molecule has 11 heavy (non-hydrogen) atoms. The second-order valence-electron chi connectivity index (χ2n) is 1.92. The topological polar surface area (TPSA) is 86.6 Å². The third-order valence-corrected chi connectivity index (χ3v) is 1.87. The standard InChI is InChI=1S/C5H9NO4S/c1-6-5(2-11,3(7)8)4(9)10/h6,11H,2H2,1H3,(H,7,8)(H,9,10). The second kappa shape index (κ2) is 3.59. The summed E-state index contributed by atoms with van der Waals surface area (Å²) in [6.07, 6.45) is 0. The van der Waals surface area contributed by atoms with Gasteiger partial charge in [-0.05, 0) is 7.05 Å². The van der Waals surface area contributed by atoms with E-state index in [9.17, 15) is 9.59 Å². The third kappa shape index (κ3) is 1.63. The fourth-order valence-electron chi connectivity index (χ4n) is 0.520. The van der Waals surface area contributed by atoms with Crippen LogP contribution >= 0.6 is 12.6 Å². The monoisotopic (exact) mass is 179 g/mol. The maximum Gasteiger partial charge on any atom is 0.336 e. The van der Waals surface area contributed by atoms with Crippen LogP contribution in [-0.4, -0.2) is 40.5 Å². The Kier molecular flexibility index (Phi) is 3.34. The van der Waals surface area contributed by atoms with E-state index in [4.69, 9.17) is 10.2 Å². The van der Waals surface area contributed by atoms with E-state index in [1.807, 2.05) is 0 Å². The summed E-state index contributed by atoms with van der Waals surface area (Å²) in [5.41, 5.74) is -1.97. The van der Waals surface area contributed by atoms with E-state index < -0.39 is 17.5 Å². The van der Waals surface area contributed by atoms with Crippen molar-refractivity contribution in [1.29, 1.82) is 0 Å². The molecule has 0 atom stereocenters. The largest absolute Gasteiger partial charge is 0.479 e. The first kappa shape index (κ1) is 10.2. The zero-order valence-corrected chi connectivity index (χ0v) is 6.76. The molecule has 0 aliphatic rings. The van der Waals surface area contributed by atoms with Crippen LogP contribution < -0.4 is 5.32 Å². The number of hydrogen-bond donors (Lipinski definition) is 4. The maximum atomic E-state index is 10.4. The number of carboxylic acid groups (broad SMARTS) is 2. The van der Waals surface area contributed by atoms with Gasteiger partial charge in [0.2, 0.25) is 5.54 Å². The van der Waals surface area contributed by atoms with Gasteiger partial charge in [-0.2, -0.15) is 12.6 Å². The molecule has 0 rings (SSSR count). The Bertz CT molecular complexity index is 161. The first-order valence-corrected chi connectivity index (χ1v) is 3.41. The zero-order chi connectivity index (χ0) is 9.07. The van der Waals surface area contributed by atoms with E-state index >= 15 is 0 Å². The van der Waals surface area contributed by atoms with Crippen LogP contribution in [0.2, 0.25) is 0 Å². The van der Waals surface area contributed by atoms with Crippen molar-refractivity contribution in [3.05, 3.63) is 0 Å². The van der Waals surface area contributed by atoms with Crippen LogP contribution in [0.3, 0.4) is 0 Å². The van der Waals surface area contributed by atoms with Gasteiger partial charge >= 0.3 is 11.9 Å². The molecule has 0 spiro atoms. The van der Waals surface area contributed by atoms with Crippen molar-refractivity contribution in [2.24, 2.45) is 0 Å². The Hall–Kier alpha value is -0.750. The van der Waals surface area contributed by atoms with Crippen LogP contribution in [0, 0.1) is 0 Å². The van der Waals surface area contributed by atoms with Gasteiger partial charge in [-0.1, -0.05) is 0 Å². The minimum absolute atomic E-state index is 0.297. The fourth-order valence-corrected chi connectivity index (χ4v) is 0.948. The highest BCUT2D eigenvalue weighted by atomic mass is 32.1. The van der Waals surface area contributed by atoms with Crippen LogP contribution in [0.1, 0.15) is 0 Å². The number of carboxylic acids is 2. The molecule has 0 bridgehead atoms. The number of thiol groups is 1. The molecule has 64 valence electrons. The van der Waals surface area contributed by atoms with Gasteiger partial charge in [0.05, 0.1) is 0 Å². The molecule has 0 saturated heterocycles. The summed E-state index contributed by atoms with van der Waals surface area (Å²) in [5.74, 6) is -3.18. The number of likely N-dealkylation sites (N-methyl/N-ethyl adjacent to an activating group) is 1. The van der Waals surface area contributed by atoms with Crippen LogP contribution in [-0.2, 0) is 9.59 Å². The SMILES string of the molecule is CNC(CS)(C(=O)O)C(=O)O. The predicted octanol–water partition coefficient (Wildman–Crippen LogP) is -0.956. The lowest BCUT2D eigenvalue weighted by atomic mass is 10.0. The molecule has 5 nitrogen and oxygen atoms in total. The highest BCUT2D eigenvalue weighted by molar-refractivity contribution is 7.80. The fraction of sp³-hybridized carbons (Fsp3) is 0.600. The summed E-state index contributed by atoms with van der Waals surface area (Å²) < 4.78 is 0. The Morgan fingerprint density at radius 1 is 1.45 bits per heavy atom. The number of rotatable bonds is 4. The Balaban J connectivity index is 4.76. The molecule has 3 N–H and O–H groups in total. The molecule has 0 amide bonds. The number of hydrogen-bond acceptors (Lipinski definition) is 4. The van der Waals surface area contributed by atoms with Gasteiger partial charge in [0.1, 0.15) is 0 Å². The van der Waals surface area contributed by atoms with Crippen molar-refractivity contribution in [1.82, 2.24) is 5.32 Å². The van der Waals surface area contributed by atoms with E-state index in [-0.39, 0.29) is 5.75 Å². The van der Waals surface area contributed by atoms with Gasteiger partial charge in [-0.15, -0.1) is 0 Å². The van der Waals surface area contributed by atoms with E-state index in [0.29, 0.717) is 0 Å². The second-order valence-corrected chi connectivity index (χ2v) is 2.24. The summed E-state index contributed by atoms with van der Waals surface area (Å²) >= 11 is 3.64. The van der Waals surface area contributed by atoms with Crippen molar-refractivity contribution in [2.75, 3.05) is 12.8 Å². The average molecular weight is 179 g/mol. The molecule has 0 aliphatic heterocycles. The van der Waals surface area contributed by atoms with Crippen molar-refractivity contribution in [3.8, 4) is 0 Å². The van der Waals surface area contributed by atoms with Crippen LogP contribution in [0.15, 0.2) is 0 Å². The minimum atomic E-state index is -1.97. The highest BCUT2D eigenvalue weighted by Gasteiger charge is 2.43. The lowest BCUT2D eigenvalue weighted by molar-refractivity contribution is -0.157. The van der Waals surface area contributed by atoms with Crippen molar-refractivity contribution in [3.63, 3.8) is 0 Å². The number of aliphatic carboxylic acids is 2.